The molecule has 0 aliphatic rings. The van der Waals surface area contributed by atoms with Crippen LogP contribution >= 0.6 is 0 Å². The van der Waals surface area contributed by atoms with Crippen molar-refractivity contribution >= 4 is 17.5 Å². The Bertz CT molecular complexity index is 273. The number of hydrogen-bond donors (Lipinski definition) is 0. The zero-order valence-electron chi connectivity index (χ0n) is 9.92. The van der Waals surface area contributed by atoms with E-state index in [1.807, 2.05) is 0 Å². The van der Waals surface area contributed by atoms with Gasteiger partial charge in [0.05, 0.1) is 6.61 Å². The van der Waals surface area contributed by atoms with Gasteiger partial charge in [0.25, 0.3) is 0 Å². The Morgan fingerprint density at radius 1 is 1.20 bits per heavy atom. The summed E-state index contributed by atoms with van der Waals surface area (Å²) in [6.07, 6.45) is 0. The van der Waals surface area contributed by atoms with Crippen molar-refractivity contribution in [3.8, 4) is 0 Å². The van der Waals surface area contributed by atoms with Gasteiger partial charge in [-0.3, -0.25) is 14.4 Å². The standard InChI is InChI=1S/C11H18O4/c1-6-15-10(14)8(7(2)12)9(13)11(3,4)5/h8H,6H2,1-5H3. The molecule has 0 aliphatic carbocycles. The largest absolute Gasteiger partial charge is 0.465 e. The average Bonchev–Trinajstić information content (AvgIpc) is 2.02. The molecule has 86 valence electrons. The molecule has 4 heteroatoms. The van der Waals surface area contributed by atoms with Crippen molar-refractivity contribution in [2.45, 2.75) is 34.6 Å². The summed E-state index contributed by atoms with van der Waals surface area (Å²) in [6.45, 7) is 8.04. The molecule has 4 nitrogen and oxygen atoms in total. The molecule has 1 atom stereocenters. The van der Waals surface area contributed by atoms with Crippen molar-refractivity contribution < 1.29 is 19.1 Å². The highest BCUT2D eigenvalue weighted by molar-refractivity contribution is 6.17. The Labute approximate surface area is 90.0 Å². The maximum atomic E-state index is 11.8. The van der Waals surface area contributed by atoms with E-state index in [0.29, 0.717) is 0 Å². The van der Waals surface area contributed by atoms with Crippen LogP contribution in [0.2, 0.25) is 0 Å². The van der Waals surface area contributed by atoms with Gasteiger partial charge < -0.3 is 4.74 Å². The maximum Gasteiger partial charge on any atom is 0.324 e. The third kappa shape index (κ3) is 3.81. The molecule has 0 aromatic heterocycles. The van der Waals surface area contributed by atoms with Gasteiger partial charge in [-0.15, -0.1) is 0 Å². The van der Waals surface area contributed by atoms with Crippen LogP contribution in [0.25, 0.3) is 0 Å². The van der Waals surface area contributed by atoms with Gasteiger partial charge in [0.2, 0.25) is 0 Å². The second-order valence-corrected chi connectivity index (χ2v) is 4.41. The van der Waals surface area contributed by atoms with E-state index in [-0.39, 0.29) is 6.61 Å². The Morgan fingerprint density at radius 3 is 1.93 bits per heavy atom. The van der Waals surface area contributed by atoms with Crippen LogP contribution in [0.3, 0.4) is 0 Å². The monoisotopic (exact) mass is 214 g/mol. The van der Waals surface area contributed by atoms with Gasteiger partial charge in [-0.25, -0.2) is 0 Å². The van der Waals surface area contributed by atoms with Crippen LogP contribution in [0.1, 0.15) is 34.6 Å². The number of esters is 1. The van der Waals surface area contributed by atoms with Crippen LogP contribution in [0.15, 0.2) is 0 Å². The molecule has 0 aromatic carbocycles. The molecule has 0 amide bonds. The fourth-order valence-corrected chi connectivity index (χ4v) is 1.12. The van der Waals surface area contributed by atoms with E-state index >= 15 is 0 Å². The molecule has 0 aliphatic heterocycles. The van der Waals surface area contributed by atoms with Crippen molar-refractivity contribution in [3.63, 3.8) is 0 Å². The smallest absolute Gasteiger partial charge is 0.324 e. The van der Waals surface area contributed by atoms with E-state index in [4.69, 9.17) is 4.74 Å². The average molecular weight is 214 g/mol. The number of Topliss-reactive ketones (excluding diaryl/α,β-unsaturated/α-hetero) is 2. The number of rotatable bonds is 4. The molecule has 0 radical (unpaired) electrons. The van der Waals surface area contributed by atoms with E-state index in [0.717, 1.165) is 0 Å². The summed E-state index contributed by atoms with van der Waals surface area (Å²) in [7, 11) is 0. The van der Waals surface area contributed by atoms with E-state index in [1.165, 1.54) is 6.92 Å². The Morgan fingerprint density at radius 2 is 1.67 bits per heavy atom. The van der Waals surface area contributed by atoms with Gasteiger partial charge in [0.1, 0.15) is 0 Å². The summed E-state index contributed by atoms with van der Waals surface area (Å²) < 4.78 is 4.70. The third-order valence-electron chi connectivity index (χ3n) is 1.93. The molecule has 0 bridgehead atoms. The molecule has 0 saturated carbocycles. The number of carbonyl (C=O) groups excluding carboxylic acids is 3. The predicted molar refractivity (Wildman–Crippen MR) is 55.3 cm³/mol. The zero-order chi connectivity index (χ0) is 12.2. The van der Waals surface area contributed by atoms with Gasteiger partial charge in [-0.2, -0.15) is 0 Å². The minimum atomic E-state index is -1.27. The quantitative estimate of drug-likeness (QED) is 0.524. The highest BCUT2D eigenvalue weighted by Gasteiger charge is 2.38. The summed E-state index contributed by atoms with van der Waals surface area (Å²) in [5.41, 5.74) is -0.719. The van der Waals surface area contributed by atoms with E-state index in [1.54, 1.807) is 27.7 Å². The third-order valence-corrected chi connectivity index (χ3v) is 1.93. The van der Waals surface area contributed by atoms with Crippen LogP contribution in [-0.4, -0.2) is 24.1 Å². The molecule has 0 aromatic rings. The SMILES string of the molecule is CCOC(=O)C(C(C)=O)C(=O)C(C)(C)C. The second-order valence-electron chi connectivity index (χ2n) is 4.41. The van der Waals surface area contributed by atoms with E-state index in [9.17, 15) is 14.4 Å². The first-order chi connectivity index (χ1) is 6.71. The first-order valence-electron chi connectivity index (χ1n) is 4.93. The summed E-state index contributed by atoms with van der Waals surface area (Å²) in [5, 5.41) is 0. The number of hydrogen-bond acceptors (Lipinski definition) is 4. The van der Waals surface area contributed by atoms with Crippen LogP contribution in [0.4, 0.5) is 0 Å². The minimum absolute atomic E-state index is 0.167. The molecular weight excluding hydrogens is 196 g/mol. The fraction of sp³-hybridized carbons (Fsp3) is 0.727. The minimum Gasteiger partial charge on any atom is -0.465 e. The van der Waals surface area contributed by atoms with Crippen molar-refractivity contribution in [2.75, 3.05) is 6.61 Å². The van der Waals surface area contributed by atoms with E-state index < -0.39 is 28.9 Å². The van der Waals surface area contributed by atoms with Gasteiger partial charge in [0, 0.05) is 5.41 Å². The molecule has 0 N–H and O–H groups in total. The topological polar surface area (TPSA) is 60.4 Å². The lowest BCUT2D eigenvalue weighted by molar-refractivity contribution is -0.156. The number of ether oxygens (including phenoxy) is 1. The zero-order valence-corrected chi connectivity index (χ0v) is 9.92. The van der Waals surface area contributed by atoms with Crippen LogP contribution in [0.5, 0.6) is 0 Å². The highest BCUT2D eigenvalue weighted by atomic mass is 16.5. The van der Waals surface area contributed by atoms with Crippen LogP contribution < -0.4 is 0 Å². The molecule has 1 unspecified atom stereocenters. The number of ketones is 2. The molecule has 0 saturated heterocycles. The fourth-order valence-electron chi connectivity index (χ4n) is 1.12. The molecule has 0 heterocycles. The Balaban J connectivity index is 4.92. The normalized spacial score (nSPS) is 13.1. The lowest BCUT2D eigenvalue weighted by Gasteiger charge is -2.21. The molecule has 0 spiro atoms. The van der Waals surface area contributed by atoms with Crippen LogP contribution in [0, 0.1) is 11.3 Å². The van der Waals surface area contributed by atoms with E-state index in [2.05, 4.69) is 0 Å². The second kappa shape index (κ2) is 5.05. The van der Waals surface area contributed by atoms with Crippen molar-refractivity contribution in [1.82, 2.24) is 0 Å². The summed E-state index contributed by atoms with van der Waals surface area (Å²) in [5.74, 6) is -2.88. The lowest BCUT2D eigenvalue weighted by atomic mass is 9.81. The molecule has 0 rings (SSSR count). The predicted octanol–water partition coefficient (Wildman–Crippen LogP) is 1.37. The van der Waals surface area contributed by atoms with Crippen molar-refractivity contribution in [3.05, 3.63) is 0 Å². The number of carbonyl (C=O) groups is 3. The Hall–Kier alpha value is -1.19. The molecular formula is C11H18O4. The first kappa shape index (κ1) is 13.8. The van der Waals surface area contributed by atoms with Gasteiger partial charge >= 0.3 is 5.97 Å². The van der Waals surface area contributed by atoms with Crippen LogP contribution in [-0.2, 0) is 19.1 Å². The maximum absolute atomic E-state index is 11.8. The van der Waals surface area contributed by atoms with Gasteiger partial charge in [-0.05, 0) is 13.8 Å². The molecule has 0 fully saturated rings. The Kier molecular flexibility index (Phi) is 4.65. The van der Waals surface area contributed by atoms with Gasteiger partial charge in [0.15, 0.2) is 17.5 Å². The lowest BCUT2D eigenvalue weighted by Crippen LogP contribution is -2.38. The summed E-state index contributed by atoms with van der Waals surface area (Å²) >= 11 is 0. The molecule has 15 heavy (non-hydrogen) atoms. The summed E-state index contributed by atoms with van der Waals surface area (Å²) in [6, 6.07) is 0. The highest BCUT2D eigenvalue weighted by Crippen LogP contribution is 2.21. The van der Waals surface area contributed by atoms with Gasteiger partial charge in [-0.1, -0.05) is 20.8 Å². The summed E-state index contributed by atoms with van der Waals surface area (Å²) in [4.78, 5) is 34.4. The van der Waals surface area contributed by atoms with Crippen molar-refractivity contribution in [2.24, 2.45) is 11.3 Å². The first-order valence-corrected chi connectivity index (χ1v) is 4.93. The van der Waals surface area contributed by atoms with Crippen molar-refractivity contribution in [1.29, 1.82) is 0 Å².